The molecule has 1 amide bonds. The zero-order chi connectivity index (χ0) is 17.6. The third-order valence-electron chi connectivity index (χ3n) is 4.50. The lowest BCUT2D eigenvalue weighted by Gasteiger charge is -2.26. The van der Waals surface area contributed by atoms with E-state index in [-0.39, 0.29) is 30.2 Å². The standard InChI is InChI=1S/C19H21NO5/c21-18(20-15-8-6-13(7-9-15)19(22)23)17-14(10-11-24-17)12-25-16-4-2-1-3-5-16/h1-5,10-11,13,15H,6-9,12H2,(H,20,21)(H,22,23). The molecule has 1 heterocycles. The maximum absolute atomic E-state index is 12.4. The van der Waals surface area contributed by atoms with Crippen molar-refractivity contribution in [1.29, 1.82) is 0 Å². The topological polar surface area (TPSA) is 88.8 Å². The largest absolute Gasteiger partial charge is 0.489 e. The zero-order valence-corrected chi connectivity index (χ0v) is 13.8. The Morgan fingerprint density at radius 3 is 2.52 bits per heavy atom. The maximum Gasteiger partial charge on any atom is 0.306 e. The van der Waals surface area contributed by atoms with Gasteiger partial charge in [-0.1, -0.05) is 18.2 Å². The van der Waals surface area contributed by atoms with Gasteiger partial charge in [0.2, 0.25) is 0 Å². The second-order valence-corrected chi connectivity index (χ2v) is 6.24. The molecule has 0 spiro atoms. The Bertz CT molecular complexity index is 716. The maximum atomic E-state index is 12.4. The van der Waals surface area contributed by atoms with Crippen LogP contribution in [0.1, 0.15) is 41.8 Å². The van der Waals surface area contributed by atoms with Crippen LogP contribution in [0.2, 0.25) is 0 Å². The molecule has 1 aromatic carbocycles. The normalized spacial score (nSPS) is 20.0. The molecule has 0 saturated heterocycles. The van der Waals surface area contributed by atoms with Crippen LogP contribution in [0.15, 0.2) is 47.1 Å². The Balaban J connectivity index is 1.55. The number of amides is 1. The van der Waals surface area contributed by atoms with Crippen molar-refractivity contribution in [2.75, 3.05) is 0 Å². The molecule has 0 aliphatic heterocycles. The van der Waals surface area contributed by atoms with Gasteiger partial charge in [-0.05, 0) is 43.9 Å². The van der Waals surface area contributed by atoms with E-state index in [0.717, 1.165) is 5.75 Å². The highest BCUT2D eigenvalue weighted by molar-refractivity contribution is 5.93. The molecule has 1 aromatic heterocycles. The SMILES string of the molecule is O=C(NC1CCC(C(=O)O)CC1)c1occc1COc1ccccc1. The number of carbonyl (C=O) groups is 2. The van der Waals surface area contributed by atoms with E-state index >= 15 is 0 Å². The Labute approximate surface area is 145 Å². The molecule has 3 rings (SSSR count). The van der Waals surface area contributed by atoms with Crippen molar-refractivity contribution in [3.63, 3.8) is 0 Å². The summed E-state index contributed by atoms with van der Waals surface area (Å²) in [6.07, 6.45) is 3.98. The summed E-state index contributed by atoms with van der Waals surface area (Å²) < 4.78 is 11.0. The minimum Gasteiger partial charge on any atom is -0.489 e. The minimum atomic E-state index is -0.754. The first-order valence-electron chi connectivity index (χ1n) is 8.41. The van der Waals surface area contributed by atoms with Gasteiger partial charge in [-0.25, -0.2) is 0 Å². The van der Waals surface area contributed by atoms with Crippen molar-refractivity contribution in [1.82, 2.24) is 5.32 Å². The van der Waals surface area contributed by atoms with Crippen LogP contribution in [0, 0.1) is 5.92 Å². The Morgan fingerprint density at radius 1 is 1.12 bits per heavy atom. The van der Waals surface area contributed by atoms with Gasteiger partial charge >= 0.3 is 5.97 Å². The summed E-state index contributed by atoms with van der Waals surface area (Å²) in [5, 5.41) is 12.0. The second kappa shape index (κ2) is 7.88. The van der Waals surface area contributed by atoms with Gasteiger partial charge in [-0.15, -0.1) is 0 Å². The smallest absolute Gasteiger partial charge is 0.306 e. The average Bonchev–Trinajstić information content (AvgIpc) is 3.10. The van der Waals surface area contributed by atoms with E-state index in [1.54, 1.807) is 6.07 Å². The zero-order valence-electron chi connectivity index (χ0n) is 13.8. The number of furan rings is 1. The third kappa shape index (κ3) is 4.41. The van der Waals surface area contributed by atoms with Gasteiger partial charge in [-0.3, -0.25) is 9.59 Å². The van der Waals surface area contributed by atoms with Crippen LogP contribution < -0.4 is 10.1 Å². The molecule has 0 atom stereocenters. The number of ether oxygens (including phenoxy) is 1. The number of para-hydroxylation sites is 1. The number of aliphatic carboxylic acids is 1. The fourth-order valence-electron chi connectivity index (χ4n) is 3.06. The summed E-state index contributed by atoms with van der Waals surface area (Å²) in [4.78, 5) is 23.4. The van der Waals surface area contributed by atoms with E-state index in [4.69, 9.17) is 14.3 Å². The number of carboxylic acid groups (broad SMARTS) is 1. The lowest BCUT2D eigenvalue weighted by molar-refractivity contribution is -0.142. The molecule has 132 valence electrons. The molecule has 1 fully saturated rings. The monoisotopic (exact) mass is 343 g/mol. The van der Waals surface area contributed by atoms with Gasteiger partial charge in [0.15, 0.2) is 5.76 Å². The predicted molar refractivity (Wildman–Crippen MR) is 90.3 cm³/mol. The van der Waals surface area contributed by atoms with Gasteiger partial charge in [0.25, 0.3) is 5.91 Å². The Morgan fingerprint density at radius 2 is 1.84 bits per heavy atom. The van der Waals surface area contributed by atoms with Crippen LogP contribution in [0.25, 0.3) is 0 Å². The third-order valence-corrected chi connectivity index (χ3v) is 4.50. The van der Waals surface area contributed by atoms with Crippen molar-refractivity contribution in [3.8, 4) is 5.75 Å². The quantitative estimate of drug-likeness (QED) is 0.840. The molecule has 0 radical (unpaired) electrons. The van der Waals surface area contributed by atoms with Crippen LogP contribution in [0.3, 0.4) is 0 Å². The molecular formula is C19H21NO5. The summed E-state index contributed by atoms with van der Waals surface area (Å²) in [5.74, 6) is -0.364. The van der Waals surface area contributed by atoms with Crippen molar-refractivity contribution >= 4 is 11.9 Å². The minimum absolute atomic E-state index is 0.0175. The molecule has 1 aliphatic rings. The molecule has 2 aromatic rings. The Kier molecular flexibility index (Phi) is 5.38. The number of hydrogen-bond acceptors (Lipinski definition) is 4. The lowest BCUT2D eigenvalue weighted by atomic mass is 9.86. The van der Waals surface area contributed by atoms with Gasteiger partial charge in [0.1, 0.15) is 12.4 Å². The molecule has 0 unspecified atom stereocenters. The molecule has 6 nitrogen and oxygen atoms in total. The second-order valence-electron chi connectivity index (χ2n) is 6.24. The number of nitrogens with one attached hydrogen (secondary N) is 1. The number of carboxylic acids is 1. The van der Waals surface area contributed by atoms with E-state index in [0.29, 0.717) is 31.2 Å². The highest BCUT2D eigenvalue weighted by Crippen LogP contribution is 2.25. The summed E-state index contributed by atoms with van der Waals surface area (Å²) in [6, 6.07) is 11.1. The molecule has 6 heteroatoms. The van der Waals surface area contributed by atoms with Crippen molar-refractivity contribution in [2.45, 2.75) is 38.3 Å². The molecule has 1 aliphatic carbocycles. The van der Waals surface area contributed by atoms with Crippen LogP contribution in [-0.4, -0.2) is 23.0 Å². The molecule has 25 heavy (non-hydrogen) atoms. The first kappa shape index (κ1) is 17.1. The molecule has 1 saturated carbocycles. The highest BCUT2D eigenvalue weighted by atomic mass is 16.5. The van der Waals surface area contributed by atoms with Crippen LogP contribution in [0.5, 0.6) is 5.75 Å². The van der Waals surface area contributed by atoms with Crippen molar-refractivity contribution in [3.05, 3.63) is 54.0 Å². The first-order valence-corrected chi connectivity index (χ1v) is 8.41. The average molecular weight is 343 g/mol. The highest BCUT2D eigenvalue weighted by Gasteiger charge is 2.28. The molecule has 2 N–H and O–H groups in total. The molecule has 0 bridgehead atoms. The summed E-state index contributed by atoms with van der Waals surface area (Å²) in [7, 11) is 0. The van der Waals surface area contributed by atoms with Crippen molar-refractivity contribution in [2.24, 2.45) is 5.92 Å². The summed E-state index contributed by atoms with van der Waals surface area (Å²) in [5.41, 5.74) is 0.681. The molecular weight excluding hydrogens is 322 g/mol. The van der Waals surface area contributed by atoms with E-state index in [2.05, 4.69) is 5.32 Å². The van der Waals surface area contributed by atoms with Crippen molar-refractivity contribution < 1.29 is 23.8 Å². The fraction of sp³-hybridized carbons (Fsp3) is 0.368. The van der Waals surface area contributed by atoms with E-state index < -0.39 is 5.97 Å². The number of carbonyl (C=O) groups excluding carboxylic acids is 1. The summed E-state index contributed by atoms with van der Waals surface area (Å²) in [6.45, 7) is 0.245. The Hall–Kier alpha value is -2.76. The van der Waals surface area contributed by atoms with Gasteiger partial charge in [0.05, 0.1) is 12.2 Å². The first-order chi connectivity index (χ1) is 12.1. The van der Waals surface area contributed by atoms with Gasteiger partial charge in [-0.2, -0.15) is 0 Å². The van der Waals surface area contributed by atoms with E-state index in [9.17, 15) is 9.59 Å². The van der Waals surface area contributed by atoms with Crippen LogP contribution >= 0.6 is 0 Å². The van der Waals surface area contributed by atoms with Gasteiger partial charge in [0, 0.05) is 11.6 Å². The van der Waals surface area contributed by atoms with Gasteiger partial charge < -0.3 is 19.6 Å². The summed E-state index contributed by atoms with van der Waals surface area (Å²) >= 11 is 0. The lowest BCUT2D eigenvalue weighted by Crippen LogP contribution is -2.38. The van der Waals surface area contributed by atoms with E-state index in [1.807, 2.05) is 30.3 Å². The predicted octanol–water partition coefficient (Wildman–Crippen LogP) is 3.23. The number of benzene rings is 1. The number of hydrogen-bond donors (Lipinski definition) is 2. The fourth-order valence-corrected chi connectivity index (χ4v) is 3.06. The number of rotatable bonds is 6. The van der Waals surface area contributed by atoms with Crippen LogP contribution in [-0.2, 0) is 11.4 Å². The van der Waals surface area contributed by atoms with E-state index in [1.165, 1.54) is 6.26 Å². The van der Waals surface area contributed by atoms with Crippen LogP contribution in [0.4, 0.5) is 0 Å².